The van der Waals surface area contributed by atoms with Crippen LogP contribution in [0.25, 0.3) is 0 Å². The average Bonchev–Trinajstić information content (AvgIpc) is 2.32. The summed E-state index contributed by atoms with van der Waals surface area (Å²) in [6.45, 7) is 6.36. The third-order valence-corrected chi connectivity index (χ3v) is 4.23. The molecule has 0 aliphatic heterocycles. The van der Waals surface area contributed by atoms with Gasteiger partial charge in [-0.25, -0.2) is 0 Å². The van der Waals surface area contributed by atoms with Crippen molar-refractivity contribution in [1.82, 2.24) is 0 Å². The van der Waals surface area contributed by atoms with Crippen molar-refractivity contribution in [2.24, 2.45) is 11.7 Å². The summed E-state index contributed by atoms with van der Waals surface area (Å²) in [5, 5.41) is 0. The fourth-order valence-corrected chi connectivity index (χ4v) is 2.30. The van der Waals surface area contributed by atoms with Crippen molar-refractivity contribution in [2.45, 2.75) is 64.0 Å². The predicted molar refractivity (Wildman–Crippen MR) is 71.2 cm³/mol. The Bertz CT molecular complexity index is 291. The fourth-order valence-electron chi connectivity index (χ4n) is 2.30. The van der Waals surface area contributed by atoms with Crippen LogP contribution in [0.15, 0.2) is 0 Å². The fraction of sp³-hybridized carbons (Fsp3) is 0.929. The lowest BCUT2D eigenvalue weighted by Crippen LogP contribution is -2.55. The van der Waals surface area contributed by atoms with Crippen LogP contribution in [0.3, 0.4) is 0 Å². The predicted octanol–water partition coefficient (Wildman–Crippen LogP) is 2.25. The maximum atomic E-state index is 12.1. The molecule has 2 unspecified atom stereocenters. The van der Waals surface area contributed by atoms with E-state index in [-0.39, 0.29) is 17.5 Å². The summed E-state index contributed by atoms with van der Waals surface area (Å²) in [6.07, 6.45) is 4.60. The standard InChI is InChI=1S/C14H27NO3/c1-11-7-5-6-8-14(11,15)12(16)18-10-9-13(2,3)17-4/h11H,5-10,15H2,1-4H3. The van der Waals surface area contributed by atoms with Crippen LogP contribution in [-0.2, 0) is 14.3 Å². The summed E-state index contributed by atoms with van der Waals surface area (Å²) in [5.41, 5.74) is 5.18. The van der Waals surface area contributed by atoms with Crippen LogP contribution < -0.4 is 5.73 Å². The first kappa shape index (κ1) is 15.4. The van der Waals surface area contributed by atoms with Crippen LogP contribution in [0, 0.1) is 5.92 Å². The van der Waals surface area contributed by atoms with E-state index in [2.05, 4.69) is 0 Å². The van der Waals surface area contributed by atoms with Gasteiger partial charge in [0, 0.05) is 13.5 Å². The third-order valence-electron chi connectivity index (χ3n) is 4.23. The summed E-state index contributed by atoms with van der Waals surface area (Å²) in [5.74, 6) is -0.0456. The maximum absolute atomic E-state index is 12.1. The van der Waals surface area contributed by atoms with Crippen molar-refractivity contribution in [3.05, 3.63) is 0 Å². The molecule has 4 heteroatoms. The molecule has 0 radical (unpaired) electrons. The number of ether oxygens (including phenoxy) is 2. The van der Waals surface area contributed by atoms with E-state index in [9.17, 15) is 4.79 Å². The number of esters is 1. The molecule has 1 rings (SSSR count). The molecule has 2 atom stereocenters. The second-order valence-electron chi connectivity index (χ2n) is 6.04. The molecule has 0 aromatic rings. The quantitative estimate of drug-likeness (QED) is 0.767. The number of nitrogens with two attached hydrogens (primary N) is 1. The second-order valence-corrected chi connectivity index (χ2v) is 6.04. The van der Waals surface area contributed by atoms with Gasteiger partial charge in [-0.3, -0.25) is 4.79 Å². The summed E-state index contributed by atoms with van der Waals surface area (Å²) < 4.78 is 10.6. The van der Waals surface area contributed by atoms with Crippen molar-refractivity contribution in [2.75, 3.05) is 13.7 Å². The molecule has 0 saturated heterocycles. The molecule has 0 heterocycles. The maximum Gasteiger partial charge on any atom is 0.326 e. The van der Waals surface area contributed by atoms with Gasteiger partial charge in [0.15, 0.2) is 0 Å². The van der Waals surface area contributed by atoms with Gasteiger partial charge in [0.2, 0.25) is 0 Å². The van der Waals surface area contributed by atoms with E-state index >= 15 is 0 Å². The van der Waals surface area contributed by atoms with Crippen molar-refractivity contribution in [3.63, 3.8) is 0 Å². The molecule has 0 amide bonds. The van der Waals surface area contributed by atoms with Crippen LogP contribution in [0.4, 0.5) is 0 Å². The van der Waals surface area contributed by atoms with Crippen molar-refractivity contribution < 1.29 is 14.3 Å². The second kappa shape index (κ2) is 6.02. The van der Waals surface area contributed by atoms with Gasteiger partial charge in [-0.05, 0) is 32.6 Å². The van der Waals surface area contributed by atoms with Crippen molar-refractivity contribution in [3.8, 4) is 0 Å². The Morgan fingerprint density at radius 1 is 1.44 bits per heavy atom. The highest BCUT2D eigenvalue weighted by atomic mass is 16.5. The molecule has 0 bridgehead atoms. The summed E-state index contributed by atoms with van der Waals surface area (Å²) >= 11 is 0. The molecule has 2 N–H and O–H groups in total. The highest BCUT2D eigenvalue weighted by molar-refractivity contribution is 5.81. The number of carbonyl (C=O) groups is 1. The summed E-state index contributed by atoms with van der Waals surface area (Å²) in [7, 11) is 1.66. The number of methoxy groups -OCH3 is 1. The molecule has 1 saturated carbocycles. The number of hydrogen-bond acceptors (Lipinski definition) is 4. The van der Waals surface area contributed by atoms with Crippen LogP contribution in [-0.4, -0.2) is 30.8 Å². The minimum atomic E-state index is -0.782. The lowest BCUT2D eigenvalue weighted by Gasteiger charge is -2.37. The zero-order chi connectivity index (χ0) is 13.8. The monoisotopic (exact) mass is 257 g/mol. The molecule has 0 spiro atoms. The highest BCUT2D eigenvalue weighted by Crippen LogP contribution is 2.32. The van der Waals surface area contributed by atoms with E-state index in [1.54, 1.807) is 7.11 Å². The van der Waals surface area contributed by atoms with E-state index in [1.807, 2.05) is 20.8 Å². The first-order chi connectivity index (χ1) is 8.32. The van der Waals surface area contributed by atoms with E-state index in [0.29, 0.717) is 13.0 Å². The van der Waals surface area contributed by atoms with Gasteiger partial charge in [0.05, 0.1) is 12.2 Å². The lowest BCUT2D eigenvalue weighted by molar-refractivity contribution is -0.155. The Hall–Kier alpha value is -0.610. The normalized spacial score (nSPS) is 29.1. The minimum absolute atomic E-state index is 0.203. The SMILES string of the molecule is COC(C)(C)CCOC(=O)C1(N)CCCCC1C. The van der Waals surface area contributed by atoms with E-state index < -0.39 is 5.54 Å². The Kier molecular flexibility index (Phi) is 5.17. The molecule has 106 valence electrons. The molecular weight excluding hydrogens is 230 g/mol. The van der Waals surface area contributed by atoms with Crippen LogP contribution in [0.2, 0.25) is 0 Å². The molecule has 1 fully saturated rings. The molecular formula is C14H27NO3. The van der Waals surface area contributed by atoms with Gasteiger partial charge >= 0.3 is 5.97 Å². The molecule has 1 aliphatic rings. The number of carbonyl (C=O) groups excluding carboxylic acids is 1. The first-order valence-corrected chi connectivity index (χ1v) is 6.83. The smallest absolute Gasteiger partial charge is 0.326 e. The lowest BCUT2D eigenvalue weighted by atomic mass is 9.74. The van der Waals surface area contributed by atoms with Gasteiger partial charge in [0.1, 0.15) is 5.54 Å². The zero-order valence-corrected chi connectivity index (χ0v) is 12.1. The molecule has 0 aromatic carbocycles. The zero-order valence-electron chi connectivity index (χ0n) is 12.1. The van der Waals surface area contributed by atoms with Crippen LogP contribution >= 0.6 is 0 Å². The minimum Gasteiger partial charge on any atom is -0.464 e. The Morgan fingerprint density at radius 2 is 2.11 bits per heavy atom. The Morgan fingerprint density at radius 3 is 2.67 bits per heavy atom. The van der Waals surface area contributed by atoms with Crippen molar-refractivity contribution >= 4 is 5.97 Å². The largest absolute Gasteiger partial charge is 0.464 e. The van der Waals surface area contributed by atoms with Crippen molar-refractivity contribution in [1.29, 1.82) is 0 Å². The topological polar surface area (TPSA) is 61.5 Å². The average molecular weight is 257 g/mol. The van der Waals surface area contributed by atoms with Crippen LogP contribution in [0.5, 0.6) is 0 Å². The Labute approximate surface area is 110 Å². The van der Waals surface area contributed by atoms with Gasteiger partial charge in [0.25, 0.3) is 0 Å². The highest BCUT2D eigenvalue weighted by Gasteiger charge is 2.42. The van der Waals surface area contributed by atoms with E-state index in [1.165, 1.54) is 0 Å². The third kappa shape index (κ3) is 3.69. The molecule has 0 aromatic heterocycles. The van der Waals surface area contributed by atoms with Gasteiger partial charge in [-0.2, -0.15) is 0 Å². The van der Waals surface area contributed by atoms with Gasteiger partial charge < -0.3 is 15.2 Å². The Balaban J connectivity index is 2.45. The number of rotatable bonds is 5. The number of hydrogen-bond donors (Lipinski definition) is 1. The summed E-state index contributed by atoms with van der Waals surface area (Å²) in [6, 6.07) is 0. The molecule has 1 aliphatic carbocycles. The van der Waals surface area contributed by atoms with Gasteiger partial charge in [-0.15, -0.1) is 0 Å². The molecule has 18 heavy (non-hydrogen) atoms. The first-order valence-electron chi connectivity index (χ1n) is 6.83. The summed E-state index contributed by atoms with van der Waals surface area (Å²) in [4.78, 5) is 12.1. The van der Waals surface area contributed by atoms with Crippen LogP contribution in [0.1, 0.15) is 52.9 Å². The molecule has 4 nitrogen and oxygen atoms in total. The van der Waals surface area contributed by atoms with Gasteiger partial charge in [-0.1, -0.05) is 19.8 Å². The van der Waals surface area contributed by atoms with E-state index in [0.717, 1.165) is 25.7 Å². The van der Waals surface area contributed by atoms with E-state index in [4.69, 9.17) is 15.2 Å².